The molecule has 1 aromatic heterocycles. The van der Waals surface area contributed by atoms with Gasteiger partial charge in [0.1, 0.15) is 11.3 Å². The number of nitrogens with two attached hydrogens (primary N) is 1. The molecule has 7 nitrogen and oxygen atoms in total. The maximum atomic E-state index is 14.9. The topological polar surface area (TPSA) is 85.5 Å². The Morgan fingerprint density at radius 1 is 1.21 bits per heavy atom. The highest BCUT2D eigenvalue weighted by molar-refractivity contribution is 5.92. The van der Waals surface area contributed by atoms with E-state index in [-0.39, 0.29) is 22.8 Å². The van der Waals surface area contributed by atoms with Crippen LogP contribution < -0.4 is 25.4 Å². The monoisotopic (exact) mass is 333 g/mol. The van der Waals surface area contributed by atoms with Gasteiger partial charge in [-0.3, -0.25) is 0 Å². The van der Waals surface area contributed by atoms with Crippen LogP contribution in [0.3, 0.4) is 0 Å². The third-order valence-corrected chi connectivity index (χ3v) is 4.90. The molecule has 2 fully saturated rings. The predicted molar refractivity (Wildman–Crippen MR) is 89.2 cm³/mol. The molecular weight excluding hydrogens is 313 g/mol. The van der Waals surface area contributed by atoms with Crippen LogP contribution in [0.2, 0.25) is 0 Å². The third-order valence-electron chi connectivity index (χ3n) is 4.90. The lowest BCUT2D eigenvalue weighted by atomic mass is 10.2. The summed E-state index contributed by atoms with van der Waals surface area (Å²) in [6.45, 7) is 1.76. The number of benzene rings is 1. The van der Waals surface area contributed by atoms with Gasteiger partial charge in [0.15, 0.2) is 17.3 Å². The Morgan fingerprint density at radius 3 is 2.54 bits per heavy atom. The quantitative estimate of drug-likeness (QED) is 0.876. The molecular formula is C16H20FN5O2. The highest BCUT2D eigenvalue weighted by Gasteiger charge is 2.38. The number of nitrogen functional groups attached to an aromatic ring is 1. The number of fused-ring (bicyclic) bond motifs is 3. The summed E-state index contributed by atoms with van der Waals surface area (Å²) in [6.07, 6.45) is 2.15. The SMILES string of the molecule is COc1cc2c(N)nc(N3C4CCC3CNC4)nc2c(F)c1OC. The molecule has 0 radical (unpaired) electrons. The molecule has 0 aliphatic carbocycles. The number of nitrogens with zero attached hydrogens (tertiary/aromatic N) is 3. The third kappa shape index (κ3) is 2.13. The zero-order chi connectivity index (χ0) is 16.8. The van der Waals surface area contributed by atoms with E-state index in [2.05, 4.69) is 20.2 Å². The van der Waals surface area contributed by atoms with Gasteiger partial charge in [-0.15, -0.1) is 0 Å². The molecule has 8 heteroatoms. The van der Waals surface area contributed by atoms with Crippen LogP contribution in [0.25, 0.3) is 10.9 Å². The lowest BCUT2D eigenvalue weighted by molar-refractivity contribution is 0.339. The van der Waals surface area contributed by atoms with Gasteiger partial charge in [0.2, 0.25) is 5.95 Å². The van der Waals surface area contributed by atoms with Gasteiger partial charge >= 0.3 is 0 Å². The van der Waals surface area contributed by atoms with E-state index < -0.39 is 5.82 Å². The molecule has 0 amide bonds. The Labute approximate surface area is 139 Å². The summed E-state index contributed by atoms with van der Waals surface area (Å²) in [5.41, 5.74) is 6.26. The molecule has 128 valence electrons. The number of aromatic nitrogens is 2. The van der Waals surface area contributed by atoms with Crippen molar-refractivity contribution >= 4 is 22.7 Å². The molecule has 2 aliphatic rings. The maximum absolute atomic E-state index is 14.9. The second-order valence-corrected chi connectivity index (χ2v) is 6.18. The minimum atomic E-state index is -0.579. The Morgan fingerprint density at radius 2 is 1.92 bits per heavy atom. The molecule has 2 atom stereocenters. The highest BCUT2D eigenvalue weighted by atomic mass is 19.1. The molecule has 3 heterocycles. The van der Waals surface area contributed by atoms with Crippen molar-refractivity contribution in [3.05, 3.63) is 11.9 Å². The van der Waals surface area contributed by atoms with Crippen LogP contribution in [0.5, 0.6) is 11.5 Å². The molecule has 4 rings (SSSR count). The van der Waals surface area contributed by atoms with Gasteiger partial charge in [-0.05, 0) is 18.9 Å². The van der Waals surface area contributed by atoms with Crippen molar-refractivity contribution in [3.8, 4) is 11.5 Å². The maximum Gasteiger partial charge on any atom is 0.228 e. The summed E-state index contributed by atoms with van der Waals surface area (Å²) in [5.74, 6) is 0.447. The zero-order valence-corrected chi connectivity index (χ0v) is 13.7. The van der Waals surface area contributed by atoms with Gasteiger partial charge in [0, 0.05) is 30.6 Å². The number of methoxy groups -OCH3 is 2. The molecule has 0 spiro atoms. The molecule has 2 bridgehead atoms. The normalized spacial score (nSPS) is 22.9. The van der Waals surface area contributed by atoms with E-state index in [1.54, 1.807) is 6.07 Å². The molecule has 3 N–H and O–H groups in total. The van der Waals surface area contributed by atoms with Crippen molar-refractivity contribution in [2.45, 2.75) is 24.9 Å². The molecule has 0 saturated carbocycles. The Bertz CT molecular complexity index is 784. The van der Waals surface area contributed by atoms with E-state index in [4.69, 9.17) is 15.2 Å². The second kappa shape index (κ2) is 5.62. The van der Waals surface area contributed by atoms with Gasteiger partial charge in [0.25, 0.3) is 0 Å². The van der Waals surface area contributed by atoms with Crippen molar-refractivity contribution in [1.82, 2.24) is 15.3 Å². The molecule has 1 aromatic carbocycles. The largest absolute Gasteiger partial charge is 0.493 e. The van der Waals surface area contributed by atoms with Crippen LogP contribution in [0, 0.1) is 5.82 Å². The lowest BCUT2D eigenvalue weighted by Gasteiger charge is -2.35. The van der Waals surface area contributed by atoms with Crippen molar-refractivity contribution in [2.24, 2.45) is 0 Å². The van der Waals surface area contributed by atoms with E-state index in [0.717, 1.165) is 25.9 Å². The fraction of sp³-hybridized carbons (Fsp3) is 0.500. The molecule has 2 aromatic rings. The van der Waals surface area contributed by atoms with E-state index in [1.165, 1.54) is 14.2 Å². The van der Waals surface area contributed by atoms with Crippen molar-refractivity contribution in [3.63, 3.8) is 0 Å². The Balaban J connectivity index is 1.89. The molecule has 24 heavy (non-hydrogen) atoms. The average Bonchev–Trinajstić information content (AvgIpc) is 2.84. The summed E-state index contributed by atoms with van der Waals surface area (Å²) in [7, 11) is 2.85. The number of rotatable bonds is 3. The van der Waals surface area contributed by atoms with Crippen LogP contribution in [0.15, 0.2) is 6.07 Å². The van der Waals surface area contributed by atoms with E-state index in [1.807, 2.05) is 0 Å². The first-order valence-electron chi connectivity index (χ1n) is 8.00. The summed E-state index contributed by atoms with van der Waals surface area (Å²) in [5, 5.41) is 3.83. The Hall–Kier alpha value is -2.35. The first-order valence-corrected chi connectivity index (χ1v) is 8.00. The smallest absolute Gasteiger partial charge is 0.228 e. The molecule has 2 aliphatic heterocycles. The van der Waals surface area contributed by atoms with Crippen LogP contribution in [0.4, 0.5) is 16.2 Å². The van der Waals surface area contributed by atoms with Crippen molar-refractivity contribution in [1.29, 1.82) is 0 Å². The van der Waals surface area contributed by atoms with Gasteiger partial charge in [0.05, 0.1) is 14.2 Å². The van der Waals surface area contributed by atoms with Crippen molar-refractivity contribution in [2.75, 3.05) is 37.9 Å². The minimum absolute atomic E-state index is 0.0253. The zero-order valence-electron chi connectivity index (χ0n) is 13.7. The average molecular weight is 333 g/mol. The number of hydrogen-bond donors (Lipinski definition) is 2. The Kier molecular flexibility index (Phi) is 3.56. The molecule has 2 unspecified atom stereocenters. The van der Waals surface area contributed by atoms with E-state index in [9.17, 15) is 4.39 Å². The van der Waals surface area contributed by atoms with Crippen molar-refractivity contribution < 1.29 is 13.9 Å². The number of nitrogens with one attached hydrogen (secondary N) is 1. The van der Waals surface area contributed by atoms with Gasteiger partial charge in [-0.1, -0.05) is 0 Å². The number of halogens is 1. The van der Waals surface area contributed by atoms with Gasteiger partial charge in [-0.2, -0.15) is 4.98 Å². The van der Waals surface area contributed by atoms with Crippen LogP contribution in [-0.4, -0.2) is 49.4 Å². The fourth-order valence-corrected chi connectivity index (χ4v) is 3.76. The lowest BCUT2D eigenvalue weighted by Crippen LogP contribution is -2.52. The van der Waals surface area contributed by atoms with E-state index >= 15 is 0 Å². The molecule has 2 saturated heterocycles. The first-order chi connectivity index (χ1) is 11.6. The number of piperazine rings is 1. The predicted octanol–water partition coefficient (Wildman–Crippen LogP) is 1.31. The standard InChI is InChI=1S/C16H20FN5O2/c1-23-11-5-10-13(12(17)14(11)24-2)20-16(21-15(10)18)22-8-3-4-9(22)7-19-6-8/h5,8-9,19H,3-4,6-7H2,1-2H3,(H2,18,20,21). The van der Waals surface area contributed by atoms with Crippen LogP contribution in [0.1, 0.15) is 12.8 Å². The fourth-order valence-electron chi connectivity index (χ4n) is 3.76. The van der Waals surface area contributed by atoms with Gasteiger partial charge in [-0.25, -0.2) is 9.37 Å². The first kappa shape index (κ1) is 15.2. The summed E-state index contributed by atoms with van der Waals surface area (Å²) < 4.78 is 25.2. The number of ether oxygens (including phenoxy) is 2. The number of anilines is 2. The summed E-state index contributed by atoms with van der Waals surface area (Å²) in [4.78, 5) is 11.1. The number of hydrogen-bond acceptors (Lipinski definition) is 7. The summed E-state index contributed by atoms with van der Waals surface area (Å²) in [6, 6.07) is 2.26. The minimum Gasteiger partial charge on any atom is -0.493 e. The van der Waals surface area contributed by atoms with Gasteiger partial charge < -0.3 is 25.4 Å². The highest BCUT2D eigenvalue weighted by Crippen LogP contribution is 2.39. The van der Waals surface area contributed by atoms with E-state index in [0.29, 0.717) is 23.4 Å². The van der Waals surface area contributed by atoms with Crippen LogP contribution >= 0.6 is 0 Å². The summed E-state index contributed by atoms with van der Waals surface area (Å²) >= 11 is 0. The second-order valence-electron chi connectivity index (χ2n) is 6.18. The van der Waals surface area contributed by atoms with Crippen LogP contribution in [-0.2, 0) is 0 Å².